The Hall–Kier alpha value is -1.99. The normalized spacial score (nSPS) is 27.9. The van der Waals surface area contributed by atoms with E-state index in [-0.39, 0.29) is 36.9 Å². The standard InChI is InChI=1S/C21H29FN2O4/c1-14-8-20(2,3)13-21(9-14)18(26)24(19(27)23-21)10-16(25)12-28-11-15-6-4-5-7-17(15)22/h4-7,14,16,25H,8-13H2,1-3H3,(H,23,27). The van der Waals surface area contributed by atoms with E-state index in [1.807, 2.05) is 0 Å². The quantitative estimate of drug-likeness (QED) is 0.730. The molecular formula is C21H29FN2O4. The number of hydrogen-bond donors (Lipinski definition) is 2. The molecule has 2 N–H and O–H groups in total. The number of ether oxygens (including phenoxy) is 1. The van der Waals surface area contributed by atoms with Crippen LogP contribution >= 0.6 is 0 Å². The first-order valence-electron chi connectivity index (χ1n) is 9.75. The molecule has 1 heterocycles. The molecule has 2 fully saturated rings. The molecular weight excluding hydrogens is 363 g/mol. The van der Waals surface area contributed by atoms with Crippen LogP contribution in [0.5, 0.6) is 0 Å². The Kier molecular flexibility index (Phi) is 5.77. The fourth-order valence-electron chi connectivity index (χ4n) is 4.86. The molecule has 3 unspecified atom stereocenters. The van der Waals surface area contributed by atoms with Crippen molar-refractivity contribution in [3.63, 3.8) is 0 Å². The van der Waals surface area contributed by atoms with E-state index in [0.717, 1.165) is 11.3 Å². The number of amides is 3. The van der Waals surface area contributed by atoms with Crippen LogP contribution in [0.4, 0.5) is 9.18 Å². The molecule has 0 aromatic heterocycles. The lowest BCUT2D eigenvalue weighted by Gasteiger charge is -2.43. The largest absolute Gasteiger partial charge is 0.389 e. The van der Waals surface area contributed by atoms with E-state index in [1.54, 1.807) is 18.2 Å². The number of imide groups is 1. The predicted molar refractivity (Wildman–Crippen MR) is 102 cm³/mol. The number of carbonyl (C=O) groups excluding carboxylic acids is 2. The van der Waals surface area contributed by atoms with Crippen LogP contribution in [0.25, 0.3) is 0 Å². The first-order chi connectivity index (χ1) is 13.1. The molecule has 1 aliphatic carbocycles. The van der Waals surface area contributed by atoms with Crippen molar-refractivity contribution in [2.75, 3.05) is 13.2 Å². The van der Waals surface area contributed by atoms with Crippen LogP contribution in [0.1, 0.15) is 45.6 Å². The first kappa shape index (κ1) is 20.7. The number of aliphatic hydroxyl groups excluding tert-OH is 1. The Morgan fingerprint density at radius 2 is 2.04 bits per heavy atom. The molecule has 0 radical (unpaired) electrons. The first-order valence-corrected chi connectivity index (χ1v) is 9.75. The van der Waals surface area contributed by atoms with Crippen molar-refractivity contribution in [1.29, 1.82) is 0 Å². The highest BCUT2D eigenvalue weighted by Crippen LogP contribution is 2.46. The highest BCUT2D eigenvalue weighted by molar-refractivity contribution is 6.07. The summed E-state index contributed by atoms with van der Waals surface area (Å²) in [5.74, 6) is -0.325. The third-order valence-corrected chi connectivity index (χ3v) is 5.54. The SMILES string of the molecule is CC1CC(C)(C)CC2(C1)NC(=O)N(CC(O)COCc1ccccc1F)C2=O. The molecule has 1 spiro atoms. The van der Waals surface area contributed by atoms with Crippen molar-refractivity contribution in [2.24, 2.45) is 11.3 Å². The Labute approximate surface area is 165 Å². The summed E-state index contributed by atoms with van der Waals surface area (Å²) in [4.78, 5) is 26.6. The number of halogens is 1. The Balaban J connectivity index is 1.57. The summed E-state index contributed by atoms with van der Waals surface area (Å²) < 4.78 is 19.0. The zero-order valence-electron chi connectivity index (χ0n) is 16.7. The molecule has 1 aromatic carbocycles. The lowest BCUT2D eigenvalue weighted by molar-refractivity contribution is -0.136. The highest BCUT2D eigenvalue weighted by Gasteiger charge is 2.56. The van der Waals surface area contributed by atoms with Crippen LogP contribution in [0.2, 0.25) is 0 Å². The number of rotatable bonds is 6. The molecule has 2 aliphatic rings. The molecule has 1 saturated heterocycles. The van der Waals surface area contributed by atoms with Gasteiger partial charge >= 0.3 is 6.03 Å². The van der Waals surface area contributed by atoms with Crippen molar-refractivity contribution in [3.05, 3.63) is 35.6 Å². The van der Waals surface area contributed by atoms with Gasteiger partial charge in [0.2, 0.25) is 0 Å². The molecule has 6 nitrogen and oxygen atoms in total. The van der Waals surface area contributed by atoms with Crippen LogP contribution in [0.15, 0.2) is 24.3 Å². The second kappa shape index (κ2) is 7.79. The smallest absolute Gasteiger partial charge is 0.325 e. The Morgan fingerprint density at radius 3 is 2.71 bits per heavy atom. The van der Waals surface area contributed by atoms with Crippen molar-refractivity contribution < 1.29 is 23.8 Å². The number of nitrogens with zero attached hydrogens (tertiary/aromatic N) is 1. The Morgan fingerprint density at radius 1 is 1.32 bits per heavy atom. The van der Waals surface area contributed by atoms with Crippen molar-refractivity contribution >= 4 is 11.9 Å². The van der Waals surface area contributed by atoms with E-state index >= 15 is 0 Å². The maximum Gasteiger partial charge on any atom is 0.325 e. The van der Waals surface area contributed by atoms with E-state index in [1.165, 1.54) is 6.07 Å². The summed E-state index contributed by atoms with van der Waals surface area (Å²) in [6.07, 6.45) is 1.17. The van der Waals surface area contributed by atoms with Gasteiger partial charge in [0.25, 0.3) is 5.91 Å². The maximum atomic E-state index is 13.6. The third-order valence-electron chi connectivity index (χ3n) is 5.54. The van der Waals surface area contributed by atoms with Crippen molar-refractivity contribution in [2.45, 2.75) is 58.3 Å². The van der Waals surface area contributed by atoms with Gasteiger partial charge in [-0.1, -0.05) is 39.0 Å². The molecule has 154 valence electrons. The van der Waals surface area contributed by atoms with Gasteiger partial charge < -0.3 is 15.2 Å². The predicted octanol–water partition coefficient (Wildman–Crippen LogP) is 2.84. The number of aliphatic hydroxyl groups is 1. The lowest BCUT2D eigenvalue weighted by Crippen LogP contribution is -2.54. The molecule has 28 heavy (non-hydrogen) atoms. The molecule has 1 saturated carbocycles. The minimum atomic E-state index is -1.04. The number of β-amino-alcohol motifs (C(OH)–C–C–N with tert-alkyl or cyclic N) is 1. The number of hydrogen-bond acceptors (Lipinski definition) is 4. The van der Waals surface area contributed by atoms with Gasteiger partial charge in [-0.2, -0.15) is 0 Å². The molecule has 3 atom stereocenters. The van der Waals surface area contributed by atoms with Crippen molar-refractivity contribution in [3.8, 4) is 0 Å². The van der Waals surface area contributed by atoms with E-state index in [4.69, 9.17) is 4.74 Å². The zero-order chi connectivity index (χ0) is 20.5. The summed E-state index contributed by atoms with van der Waals surface area (Å²) in [7, 11) is 0. The molecule has 0 bridgehead atoms. The lowest BCUT2D eigenvalue weighted by atomic mass is 9.64. The average Bonchev–Trinajstić information content (AvgIpc) is 2.78. The van der Waals surface area contributed by atoms with Gasteiger partial charge in [0.1, 0.15) is 11.4 Å². The van der Waals surface area contributed by atoms with E-state index < -0.39 is 17.7 Å². The number of nitrogens with one attached hydrogen (secondary N) is 1. The molecule has 3 amide bonds. The van der Waals surface area contributed by atoms with Crippen LogP contribution in [0.3, 0.4) is 0 Å². The second-order valence-corrected chi connectivity index (χ2v) is 9.04. The topological polar surface area (TPSA) is 78.9 Å². The Bertz CT molecular complexity index is 754. The van der Waals surface area contributed by atoms with Gasteiger partial charge in [0.15, 0.2) is 0 Å². The number of urea groups is 1. The number of benzene rings is 1. The highest BCUT2D eigenvalue weighted by atomic mass is 19.1. The maximum absolute atomic E-state index is 13.6. The second-order valence-electron chi connectivity index (χ2n) is 9.04. The minimum Gasteiger partial charge on any atom is -0.389 e. The zero-order valence-corrected chi connectivity index (χ0v) is 16.7. The fraction of sp³-hybridized carbons (Fsp3) is 0.619. The monoisotopic (exact) mass is 392 g/mol. The van der Waals surface area contributed by atoms with E-state index in [2.05, 4.69) is 26.1 Å². The van der Waals surface area contributed by atoms with Crippen LogP contribution in [0, 0.1) is 17.2 Å². The molecule has 1 aliphatic heterocycles. The van der Waals surface area contributed by atoms with Crippen LogP contribution in [-0.4, -0.2) is 46.7 Å². The summed E-state index contributed by atoms with van der Waals surface area (Å²) in [5.41, 5.74) is -0.536. The summed E-state index contributed by atoms with van der Waals surface area (Å²) >= 11 is 0. The van der Waals surface area contributed by atoms with Gasteiger partial charge in [-0.25, -0.2) is 9.18 Å². The summed E-state index contributed by atoms with van der Waals surface area (Å²) in [6, 6.07) is 5.78. The fourth-order valence-corrected chi connectivity index (χ4v) is 4.86. The van der Waals surface area contributed by atoms with Gasteiger partial charge in [-0.3, -0.25) is 9.69 Å². The average molecular weight is 392 g/mol. The van der Waals surface area contributed by atoms with E-state index in [0.29, 0.717) is 24.3 Å². The summed E-state index contributed by atoms with van der Waals surface area (Å²) in [6.45, 7) is 6.09. The van der Waals surface area contributed by atoms with E-state index in [9.17, 15) is 19.1 Å². The molecule has 1 aromatic rings. The van der Waals surface area contributed by atoms with Gasteiger partial charge in [-0.15, -0.1) is 0 Å². The molecule has 3 rings (SSSR count). The third kappa shape index (κ3) is 4.36. The van der Waals surface area contributed by atoms with Crippen LogP contribution < -0.4 is 5.32 Å². The van der Waals surface area contributed by atoms with Crippen LogP contribution in [-0.2, 0) is 16.1 Å². The molecule has 7 heteroatoms. The number of carbonyl (C=O) groups is 2. The van der Waals surface area contributed by atoms with Crippen molar-refractivity contribution in [1.82, 2.24) is 10.2 Å². The minimum absolute atomic E-state index is 0.0134. The van der Waals surface area contributed by atoms with Gasteiger partial charge in [-0.05, 0) is 36.7 Å². The van der Waals surface area contributed by atoms with Gasteiger partial charge in [0.05, 0.1) is 25.9 Å². The van der Waals surface area contributed by atoms with Gasteiger partial charge in [0, 0.05) is 5.56 Å². The summed E-state index contributed by atoms with van der Waals surface area (Å²) in [5, 5.41) is 13.1.